The summed E-state index contributed by atoms with van der Waals surface area (Å²) < 4.78 is 1.65. The van der Waals surface area contributed by atoms with Crippen LogP contribution in [0, 0.1) is 17.2 Å². The van der Waals surface area contributed by atoms with Crippen LogP contribution < -0.4 is 5.32 Å². The summed E-state index contributed by atoms with van der Waals surface area (Å²) in [6, 6.07) is 1.98. The van der Waals surface area contributed by atoms with Gasteiger partial charge < -0.3 is 15.0 Å². The number of aliphatic hydroxyl groups is 1. The summed E-state index contributed by atoms with van der Waals surface area (Å²) in [5.41, 5.74) is 0. The van der Waals surface area contributed by atoms with Gasteiger partial charge in [0.05, 0.1) is 12.6 Å². The maximum Gasteiger partial charge on any atom is 0.212 e. The Morgan fingerprint density at radius 2 is 2.31 bits per heavy atom. The number of aliphatic hydroxyl groups excluding tert-OH is 1. The van der Waals surface area contributed by atoms with Crippen molar-refractivity contribution >= 4 is 0 Å². The standard InChI is InChI=1S/C11H18N4O/c1-9(2)6-13-7-10(16)8-15-4-3-14-11(15)5-12/h3-4,9-10,13,16H,6-8H2,1-2H3. The van der Waals surface area contributed by atoms with Crippen molar-refractivity contribution in [3.05, 3.63) is 18.2 Å². The molecule has 0 aromatic carbocycles. The van der Waals surface area contributed by atoms with Gasteiger partial charge in [-0.15, -0.1) is 0 Å². The first-order valence-corrected chi connectivity index (χ1v) is 5.43. The Morgan fingerprint density at radius 3 is 2.94 bits per heavy atom. The fourth-order valence-electron chi connectivity index (χ4n) is 1.40. The van der Waals surface area contributed by atoms with Crippen LogP contribution in [-0.2, 0) is 6.54 Å². The molecule has 0 saturated heterocycles. The first-order chi connectivity index (χ1) is 7.63. The number of nitriles is 1. The SMILES string of the molecule is CC(C)CNCC(O)Cn1ccnc1C#N. The summed E-state index contributed by atoms with van der Waals surface area (Å²) in [6.45, 7) is 6.04. The summed E-state index contributed by atoms with van der Waals surface area (Å²) in [6.07, 6.45) is 2.76. The molecule has 1 unspecified atom stereocenters. The molecule has 0 bridgehead atoms. The third-order valence-electron chi connectivity index (χ3n) is 2.16. The van der Waals surface area contributed by atoms with Gasteiger partial charge in [0, 0.05) is 18.9 Å². The van der Waals surface area contributed by atoms with Gasteiger partial charge in [-0.2, -0.15) is 5.26 Å². The molecule has 1 rings (SSSR count). The van der Waals surface area contributed by atoms with Gasteiger partial charge in [-0.1, -0.05) is 13.8 Å². The molecule has 1 aromatic heterocycles. The molecule has 0 saturated carbocycles. The van der Waals surface area contributed by atoms with Crippen LogP contribution >= 0.6 is 0 Å². The molecule has 0 aliphatic rings. The van der Waals surface area contributed by atoms with Crippen LogP contribution in [0.4, 0.5) is 0 Å². The van der Waals surface area contributed by atoms with Gasteiger partial charge in [0.25, 0.3) is 0 Å². The maximum absolute atomic E-state index is 9.73. The lowest BCUT2D eigenvalue weighted by Gasteiger charge is -2.14. The Balaban J connectivity index is 2.34. The summed E-state index contributed by atoms with van der Waals surface area (Å²) in [4.78, 5) is 3.87. The largest absolute Gasteiger partial charge is 0.390 e. The summed E-state index contributed by atoms with van der Waals surface area (Å²) in [5, 5.41) is 21.6. The normalized spacial score (nSPS) is 12.7. The van der Waals surface area contributed by atoms with E-state index in [2.05, 4.69) is 24.1 Å². The average Bonchev–Trinajstić information content (AvgIpc) is 2.64. The molecular weight excluding hydrogens is 204 g/mol. The van der Waals surface area contributed by atoms with Crippen molar-refractivity contribution in [2.75, 3.05) is 13.1 Å². The van der Waals surface area contributed by atoms with E-state index < -0.39 is 6.10 Å². The van der Waals surface area contributed by atoms with Crippen LogP contribution in [0.15, 0.2) is 12.4 Å². The molecule has 0 fully saturated rings. The van der Waals surface area contributed by atoms with E-state index in [9.17, 15) is 5.11 Å². The molecule has 5 nitrogen and oxygen atoms in total. The lowest BCUT2D eigenvalue weighted by molar-refractivity contribution is 0.150. The number of hydrogen-bond donors (Lipinski definition) is 2. The molecule has 1 aromatic rings. The second-order valence-electron chi connectivity index (χ2n) is 4.22. The van der Waals surface area contributed by atoms with Crippen LogP contribution in [-0.4, -0.2) is 33.9 Å². The van der Waals surface area contributed by atoms with Crippen LogP contribution in [0.1, 0.15) is 19.7 Å². The average molecular weight is 222 g/mol. The lowest BCUT2D eigenvalue weighted by Crippen LogP contribution is -2.32. The highest BCUT2D eigenvalue weighted by Crippen LogP contribution is 1.98. The van der Waals surface area contributed by atoms with Crippen LogP contribution in [0.3, 0.4) is 0 Å². The molecule has 88 valence electrons. The predicted molar refractivity (Wildman–Crippen MR) is 60.7 cm³/mol. The highest BCUT2D eigenvalue weighted by Gasteiger charge is 2.08. The van der Waals surface area contributed by atoms with Gasteiger partial charge in [0.15, 0.2) is 0 Å². The van der Waals surface area contributed by atoms with E-state index >= 15 is 0 Å². The zero-order valence-corrected chi connectivity index (χ0v) is 9.72. The molecule has 1 atom stereocenters. The zero-order chi connectivity index (χ0) is 12.0. The third-order valence-corrected chi connectivity index (χ3v) is 2.16. The molecular formula is C11H18N4O. The smallest absolute Gasteiger partial charge is 0.212 e. The minimum atomic E-state index is -0.500. The lowest BCUT2D eigenvalue weighted by atomic mass is 10.2. The molecule has 5 heteroatoms. The molecule has 16 heavy (non-hydrogen) atoms. The quantitative estimate of drug-likeness (QED) is 0.729. The summed E-state index contributed by atoms with van der Waals surface area (Å²) >= 11 is 0. The monoisotopic (exact) mass is 222 g/mol. The number of imidazole rings is 1. The zero-order valence-electron chi connectivity index (χ0n) is 9.72. The Kier molecular flexibility index (Phi) is 4.96. The van der Waals surface area contributed by atoms with Crippen LogP contribution in [0.25, 0.3) is 0 Å². The maximum atomic E-state index is 9.73. The third kappa shape index (κ3) is 4.01. The van der Waals surface area contributed by atoms with Crippen molar-refractivity contribution < 1.29 is 5.11 Å². The topological polar surface area (TPSA) is 73.9 Å². The first kappa shape index (κ1) is 12.7. The first-order valence-electron chi connectivity index (χ1n) is 5.43. The number of aromatic nitrogens is 2. The van der Waals surface area contributed by atoms with Crippen molar-refractivity contribution in [2.45, 2.75) is 26.5 Å². The molecule has 0 aliphatic heterocycles. The molecule has 2 N–H and O–H groups in total. The number of nitrogens with one attached hydrogen (secondary N) is 1. The Labute approximate surface area is 95.7 Å². The van der Waals surface area contributed by atoms with Crippen molar-refractivity contribution in [1.29, 1.82) is 5.26 Å². The molecule has 0 spiro atoms. The molecule has 1 heterocycles. The van der Waals surface area contributed by atoms with E-state index in [-0.39, 0.29) is 0 Å². The molecule has 0 amide bonds. The van der Waals surface area contributed by atoms with Gasteiger partial charge in [-0.05, 0) is 12.5 Å². The van der Waals surface area contributed by atoms with E-state index in [1.807, 2.05) is 6.07 Å². The number of nitrogens with zero attached hydrogens (tertiary/aromatic N) is 3. The fourth-order valence-corrected chi connectivity index (χ4v) is 1.40. The van der Waals surface area contributed by atoms with Crippen LogP contribution in [0.5, 0.6) is 0 Å². The van der Waals surface area contributed by atoms with Crippen molar-refractivity contribution in [2.24, 2.45) is 5.92 Å². The van der Waals surface area contributed by atoms with Gasteiger partial charge in [-0.25, -0.2) is 4.98 Å². The molecule has 0 radical (unpaired) electrons. The fraction of sp³-hybridized carbons (Fsp3) is 0.636. The van der Waals surface area contributed by atoms with Gasteiger partial charge >= 0.3 is 0 Å². The van der Waals surface area contributed by atoms with Gasteiger partial charge in [0.1, 0.15) is 6.07 Å². The minimum absolute atomic E-state index is 0.336. The number of rotatable bonds is 6. The summed E-state index contributed by atoms with van der Waals surface area (Å²) in [7, 11) is 0. The Hall–Kier alpha value is -1.38. The second kappa shape index (κ2) is 6.26. The van der Waals surface area contributed by atoms with Crippen molar-refractivity contribution in [3.63, 3.8) is 0 Å². The van der Waals surface area contributed by atoms with E-state index in [0.29, 0.717) is 24.8 Å². The summed E-state index contributed by atoms with van der Waals surface area (Å²) in [5.74, 6) is 0.901. The van der Waals surface area contributed by atoms with Gasteiger partial charge in [0.2, 0.25) is 5.82 Å². The minimum Gasteiger partial charge on any atom is -0.390 e. The highest BCUT2D eigenvalue weighted by molar-refractivity contribution is 5.11. The van der Waals surface area contributed by atoms with E-state index in [0.717, 1.165) is 6.54 Å². The van der Waals surface area contributed by atoms with Crippen molar-refractivity contribution in [1.82, 2.24) is 14.9 Å². The molecule has 0 aliphatic carbocycles. The Bertz CT molecular complexity index is 353. The van der Waals surface area contributed by atoms with Gasteiger partial charge in [-0.3, -0.25) is 0 Å². The highest BCUT2D eigenvalue weighted by atomic mass is 16.3. The predicted octanol–water partition coefficient (Wildman–Crippen LogP) is 0.361. The second-order valence-corrected chi connectivity index (χ2v) is 4.22. The Morgan fingerprint density at radius 1 is 1.56 bits per heavy atom. The number of hydrogen-bond acceptors (Lipinski definition) is 4. The van der Waals surface area contributed by atoms with E-state index in [1.165, 1.54) is 0 Å². The van der Waals surface area contributed by atoms with Crippen LogP contribution in [0.2, 0.25) is 0 Å². The van der Waals surface area contributed by atoms with E-state index in [1.54, 1.807) is 17.0 Å². The van der Waals surface area contributed by atoms with Crippen molar-refractivity contribution in [3.8, 4) is 6.07 Å². The van der Waals surface area contributed by atoms with E-state index in [4.69, 9.17) is 5.26 Å².